The van der Waals surface area contributed by atoms with E-state index in [2.05, 4.69) is 0 Å². The van der Waals surface area contributed by atoms with Crippen molar-refractivity contribution in [2.24, 2.45) is 0 Å². The van der Waals surface area contributed by atoms with E-state index >= 15 is 0 Å². The molecule has 4 N–H and O–H groups in total. The number of phenols is 4. The first kappa shape index (κ1) is 18.9. The van der Waals surface area contributed by atoms with Gasteiger partial charge in [-0.05, 0) is 25.0 Å². The summed E-state index contributed by atoms with van der Waals surface area (Å²) >= 11 is 0. The van der Waals surface area contributed by atoms with Crippen molar-refractivity contribution in [2.75, 3.05) is 0 Å². The van der Waals surface area contributed by atoms with Crippen LogP contribution in [0.5, 0.6) is 23.0 Å². The van der Waals surface area contributed by atoms with Crippen molar-refractivity contribution >= 4 is 0 Å². The van der Waals surface area contributed by atoms with E-state index in [9.17, 15) is 20.4 Å². The summed E-state index contributed by atoms with van der Waals surface area (Å²) in [6, 6.07) is 9.62. The van der Waals surface area contributed by atoms with Gasteiger partial charge in [0.05, 0.1) is 12.2 Å². The fourth-order valence-electron chi connectivity index (χ4n) is 2.93. The molecule has 0 spiro atoms. The topological polar surface area (TPSA) is 90.2 Å². The first-order valence-electron chi connectivity index (χ1n) is 8.66. The monoisotopic (exact) mass is 346 g/mol. The SMILES string of the molecule is CCCC(OC(CCC)c1cccc(O)c1O)c1cccc(O)c1O. The first-order valence-corrected chi connectivity index (χ1v) is 8.66. The summed E-state index contributed by atoms with van der Waals surface area (Å²) in [4.78, 5) is 0. The number of benzene rings is 2. The molecule has 2 rings (SSSR count). The summed E-state index contributed by atoms with van der Waals surface area (Å²) in [5.41, 5.74) is 1.03. The Morgan fingerprint density at radius 2 is 1.12 bits per heavy atom. The number of rotatable bonds is 8. The van der Waals surface area contributed by atoms with Gasteiger partial charge >= 0.3 is 0 Å². The fraction of sp³-hybridized carbons (Fsp3) is 0.400. The lowest BCUT2D eigenvalue weighted by atomic mass is 10.00. The van der Waals surface area contributed by atoms with Gasteiger partial charge in [-0.3, -0.25) is 0 Å². The van der Waals surface area contributed by atoms with Crippen LogP contribution in [0.15, 0.2) is 36.4 Å². The highest BCUT2D eigenvalue weighted by molar-refractivity contribution is 5.47. The summed E-state index contributed by atoms with van der Waals surface area (Å²) in [6.45, 7) is 4.02. The standard InChI is InChI=1S/C20H26O5/c1-3-7-17(13-9-5-11-15(21)19(13)23)25-18(8-4-2)14-10-6-12-16(22)20(14)24/h5-6,9-12,17-18,21-24H,3-4,7-8H2,1-2H3. The van der Waals surface area contributed by atoms with Crippen LogP contribution in [-0.2, 0) is 4.74 Å². The van der Waals surface area contributed by atoms with Crippen LogP contribution in [0.1, 0.15) is 62.9 Å². The van der Waals surface area contributed by atoms with E-state index in [4.69, 9.17) is 4.74 Å². The van der Waals surface area contributed by atoms with E-state index in [1.165, 1.54) is 12.1 Å². The molecule has 0 heterocycles. The minimum Gasteiger partial charge on any atom is -0.504 e. The van der Waals surface area contributed by atoms with Gasteiger partial charge in [-0.2, -0.15) is 0 Å². The highest BCUT2D eigenvalue weighted by Gasteiger charge is 2.24. The molecular formula is C20H26O5. The van der Waals surface area contributed by atoms with Gasteiger partial charge < -0.3 is 25.2 Å². The number of ether oxygens (including phenoxy) is 1. The molecule has 2 aromatic rings. The smallest absolute Gasteiger partial charge is 0.163 e. The third-order valence-electron chi connectivity index (χ3n) is 4.22. The first-order chi connectivity index (χ1) is 12.0. The number of para-hydroxylation sites is 2. The number of hydrogen-bond acceptors (Lipinski definition) is 5. The Morgan fingerprint density at radius 1 is 0.720 bits per heavy atom. The Hall–Kier alpha value is -2.40. The molecule has 0 saturated carbocycles. The van der Waals surface area contributed by atoms with Gasteiger partial charge in [-0.25, -0.2) is 0 Å². The van der Waals surface area contributed by atoms with E-state index in [1.54, 1.807) is 24.3 Å². The van der Waals surface area contributed by atoms with E-state index in [1.807, 2.05) is 13.8 Å². The Kier molecular flexibility index (Phi) is 6.53. The lowest BCUT2D eigenvalue weighted by molar-refractivity contribution is -0.0268. The lowest BCUT2D eigenvalue weighted by Crippen LogP contribution is -2.11. The van der Waals surface area contributed by atoms with Crippen molar-refractivity contribution in [1.29, 1.82) is 0 Å². The van der Waals surface area contributed by atoms with Crippen LogP contribution < -0.4 is 0 Å². The Morgan fingerprint density at radius 3 is 1.48 bits per heavy atom. The lowest BCUT2D eigenvalue weighted by Gasteiger charge is -2.26. The van der Waals surface area contributed by atoms with Crippen LogP contribution in [0.3, 0.4) is 0 Å². The van der Waals surface area contributed by atoms with Crippen LogP contribution in [0.2, 0.25) is 0 Å². The number of hydrogen-bond donors (Lipinski definition) is 4. The molecule has 0 aliphatic heterocycles. The van der Waals surface area contributed by atoms with Crippen molar-refractivity contribution in [3.63, 3.8) is 0 Å². The van der Waals surface area contributed by atoms with Crippen LogP contribution in [0, 0.1) is 0 Å². The zero-order valence-corrected chi connectivity index (χ0v) is 14.6. The minimum atomic E-state index is -0.435. The molecule has 0 bridgehead atoms. The van der Waals surface area contributed by atoms with E-state index in [0.29, 0.717) is 24.0 Å². The number of aromatic hydroxyl groups is 4. The second-order valence-corrected chi connectivity index (χ2v) is 6.12. The molecule has 0 radical (unpaired) electrons. The maximum absolute atomic E-state index is 10.2. The molecule has 0 amide bonds. The van der Waals surface area contributed by atoms with E-state index in [0.717, 1.165) is 12.8 Å². The van der Waals surface area contributed by atoms with Gasteiger partial charge in [-0.15, -0.1) is 0 Å². The third kappa shape index (κ3) is 4.37. The molecule has 25 heavy (non-hydrogen) atoms. The molecule has 0 saturated heterocycles. The Bertz CT molecular complexity index is 639. The fourth-order valence-corrected chi connectivity index (χ4v) is 2.93. The van der Waals surface area contributed by atoms with Gasteiger partial charge in [0.1, 0.15) is 0 Å². The highest BCUT2D eigenvalue weighted by Crippen LogP contribution is 2.42. The van der Waals surface area contributed by atoms with Gasteiger partial charge in [0.25, 0.3) is 0 Å². The molecular weight excluding hydrogens is 320 g/mol. The minimum absolute atomic E-state index is 0.184. The Labute approximate surface area is 148 Å². The molecule has 5 nitrogen and oxygen atoms in total. The van der Waals surface area contributed by atoms with Gasteiger partial charge in [0.15, 0.2) is 23.0 Å². The van der Waals surface area contributed by atoms with Crippen LogP contribution >= 0.6 is 0 Å². The average Bonchev–Trinajstić information content (AvgIpc) is 2.59. The van der Waals surface area contributed by atoms with Gasteiger partial charge in [0, 0.05) is 11.1 Å². The predicted molar refractivity (Wildman–Crippen MR) is 95.9 cm³/mol. The summed E-state index contributed by atoms with van der Waals surface area (Å²) in [6.07, 6.45) is 2.08. The molecule has 2 unspecified atom stereocenters. The zero-order chi connectivity index (χ0) is 18.4. The summed E-state index contributed by atoms with van der Waals surface area (Å²) in [5.74, 6) is -0.739. The van der Waals surface area contributed by atoms with Gasteiger partial charge in [0.2, 0.25) is 0 Å². The van der Waals surface area contributed by atoms with Crippen molar-refractivity contribution in [3.8, 4) is 23.0 Å². The van der Waals surface area contributed by atoms with Crippen LogP contribution in [-0.4, -0.2) is 20.4 Å². The molecule has 2 atom stereocenters. The maximum Gasteiger partial charge on any atom is 0.163 e. The normalized spacial score (nSPS) is 13.5. The van der Waals surface area contributed by atoms with Crippen molar-refractivity contribution in [3.05, 3.63) is 47.5 Å². The highest BCUT2D eigenvalue weighted by atomic mass is 16.5. The van der Waals surface area contributed by atoms with Gasteiger partial charge in [-0.1, -0.05) is 51.0 Å². The van der Waals surface area contributed by atoms with Crippen LogP contribution in [0.25, 0.3) is 0 Å². The van der Waals surface area contributed by atoms with Crippen molar-refractivity contribution < 1.29 is 25.2 Å². The second kappa shape index (κ2) is 8.62. The molecule has 2 aromatic carbocycles. The Balaban J connectivity index is 2.37. The third-order valence-corrected chi connectivity index (χ3v) is 4.22. The summed E-state index contributed by atoms with van der Waals surface area (Å²) in [5, 5.41) is 39.9. The zero-order valence-electron chi connectivity index (χ0n) is 14.6. The molecule has 0 aliphatic rings. The van der Waals surface area contributed by atoms with E-state index < -0.39 is 12.2 Å². The van der Waals surface area contributed by atoms with E-state index in [-0.39, 0.29) is 23.0 Å². The quantitative estimate of drug-likeness (QED) is 0.510. The molecule has 0 aromatic heterocycles. The predicted octanol–water partition coefficient (Wildman–Crippen LogP) is 4.91. The average molecular weight is 346 g/mol. The maximum atomic E-state index is 10.2. The molecule has 136 valence electrons. The van der Waals surface area contributed by atoms with Crippen molar-refractivity contribution in [1.82, 2.24) is 0 Å². The summed E-state index contributed by atoms with van der Waals surface area (Å²) in [7, 11) is 0. The van der Waals surface area contributed by atoms with Crippen molar-refractivity contribution in [2.45, 2.75) is 51.7 Å². The van der Waals surface area contributed by atoms with Crippen LogP contribution in [0.4, 0.5) is 0 Å². The molecule has 5 heteroatoms. The molecule has 0 fully saturated rings. The number of phenolic OH excluding ortho intramolecular Hbond substituents is 4. The summed E-state index contributed by atoms with van der Waals surface area (Å²) < 4.78 is 6.23. The largest absolute Gasteiger partial charge is 0.504 e. The second-order valence-electron chi connectivity index (χ2n) is 6.12. The molecule has 0 aliphatic carbocycles.